The summed E-state index contributed by atoms with van der Waals surface area (Å²) in [7, 11) is 1.74. The molecule has 0 radical (unpaired) electrons. The molecular formula is C13H18ClN3O2. The van der Waals surface area contributed by atoms with E-state index >= 15 is 0 Å². The zero-order chi connectivity index (χ0) is 14.0. The number of hydrogen-bond donors (Lipinski definition) is 2. The SMILES string of the molecule is CNc1cc(C(=O)N2CCC(C(C)O)C2)c(Cl)cn1. The van der Waals surface area contributed by atoms with Gasteiger partial charge in [-0.3, -0.25) is 4.79 Å². The van der Waals surface area contributed by atoms with Crippen LogP contribution >= 0.6 is 11.6 Å². The van der Waals surface area contributed by atoms with Gasteiger partial charge in [0.25, 0.3) is 5.91 Å². The van der Waals surface area contributed by atoms with Crippen LogP contribution in [-0.2, 0) is 0 Å². The molecule has 5 nitrogen and oxygen atoms in total. The van der Waals surface area contributed by atoms with Gasteiger partial charge in [0.1, 0.15) is 5.82 Å². The number of carbonyl (C=O) groups is 1. The summed E-state index contributed by atoms with van der Waals surface area (Å²) >= 11 is 6.04. The van der Waals surface area contributed by atoms with Crippen molar-refractivity contribution in [2.75, 3.05) is 25.5 Å². The molecule has 0 spiro atoms. The molecule has 1 saturated heterocycles. The van der Waals surface area contributed by atoms with E-state index in [0.29, 0.717) is 29.5 Å². The molecule has 6 heteroatoms. The molecule has 1 amide bonds. The fraction of sp³-hybridized carbons (Fsp3) is 0.538. The molecule has 2 atom stereocenters. The first-order valence-corrected chi connectivity index (χ1v) is 6.71. The Morgan fingerprint density at radius 3 is 3.00 bits per heavy atom. The van der Waals surface area contributed by atoms with Crippen LogP contribution in [0.3, 0.4) is 0 Å². The van der Waals surface area contributed by atoms with Gasteiger partial charge in [0.15, 0.2) is 0 Å². The number of anilines is 1. The van der Waals surface area contributed by atoms with Gasteiger partial charge in [0, 0.05) is 32.3 Å². The van der Waals surface area contributed by atoms with Gasteiger partial charge in [-0.1, -0.05) is 11.6 Å². The first-order chi connectivity index (χ1) is 9.02. The van der Waals surface area contributed by atoms with E-state index < -0.39 is 6.10 Å². The number of amides is 1. The number of aliphatic hydroxyl groups is 1. The van der Waals surface area contributed by atoms with Crippen molar-refractivity contribution < 1.29 is 9.90 Å². The molecule has 2 rings (SSSR count). The lowest BCUT2D eigenvalue weighted by atomic mass is 10.0. The Hall–Kier alpha value is -1.33. The van der Waals surface area contributed by atoms with E-state index in [2.05, 4.69) is 10.3 Å². The summed E-state index contributed by atoms with van der Waals surface area (Å²) in [4.78, 5) is 18.2. The van der Waals surface area contributed by atoms with E-state index in [1.807, 2.05) is 0 Å². The van der Waals surface area contributed by atoms with E-state index in [9.17, 15) is 9.90 Å². The van der Waals surface area contributed by atoms with Crippen molar-refractivity contribution in [2.45, 2.75) is 19.4 Å². The van der Waals surface area contributed by atoms with Crippen molar-refractivity contribution in [1.29, 1.82) is 0 Å². The molecule has 0 aliphatic carbocycles. The zero-order valence-corrected chi connectivity index (χ0v) is 11.8. The molecule has 2 N–H and O–H groups in total. The Bertz CT molecular complexity index is 479. The normalized spacial score (nSPS) is 20.4. The van der Waals surface area contributed by atoms with Gasteiger partial charge in [-0.15, -0.1) is 0 Å². The molecule has 19 heavy (non-hydrogen) atoms. The average Bonchev–Trinajstić information content (AvgIpc) is 2.88. The highest BCUT2D eigenvalue weighted by molar-refractivity contribution is 6.33. The summed E-state index contributed by atoms with van der Waals surface area (Å²) in [6, 6.07) is 1.65. The molecule has 104 valence electrons. The van der Waals surface area contributed by atoms with E-state index in [1.54, 1.807) is 24.9 Å². The van der Waals surface area contributed by atoms with Crippen LogP contribution in [0.25, 0.3) is 0 Å². The second-order valence-electron chi connectivity index (χ2n) is 4.84. The van der Waals surface area contributed by atoms with Crippen LogP contribution < -0.4 is 5.32 Å². The van der Waals surface area contributed by atoms with Crippen LogP contribution in [0.1, 0.15) is 23.7 Å². The van der Waals surface area contributed by atoms with Crippen molar-refractivity contribution in [3.05, 3.63) is 22.8 Å². The molecule has 1 aromatic rings. The predicted molar refractivity (Wildman–Crippen MR) is 74.5 cm³/mol. The van der Waals surface area contributed by atoms with Gasteiger partial charge in [-0.2, -0.15) is 0 Å². The number of aliphatic hydroxyl groups excluding tert-OH is 1. The third-order valence-electron chi connectivity index (χ3n) is 3.54. The lowest BCUT2D eigenvalue weighted by Gasteiger charge is -2.18. The summed E-state index contributed by atoms with van der Waals surface area (Å²) in [6.45, 7) is 2.99. The maximum atomic E-state index is 12.4. The summed E-state index contributed by atoms with van der Waals surface area (Å²) in [5.74, 6) is 0.652. The van der Waals surface area contributed by atoms with E-state index in [-0.39, 0.29) is 11.8 Å². The van der Waals surface area contributed by atoms with Crippen LogP contribution in [-0.4, -0.2) is 47.1 Å². The van der Waals surface area contributed by atoms with Crippen molar-refractivity contribution in [3.8, 4) is 0 Å². The van der Waals surface area contributed by atoms with E-state index in [4.69, 9.17) is 11.6 Å². The first kappa shape index (κ1) is 14.1. The van der Waals surface area contributed by atoms with Gasteiger partial charge in [0.05, 0.1) is 16.7 Å². The largest absolute Gasteiger partial charge is 0.393 e. The summed E-state index contributed by atoms with van der Waals surface area (Å²) in [6.07, 6.45) is 1.91. The molecule has 1 aliphatic heterocycles. The standard InChI is InChI=1S/C13H18ClN3O2/c1-8(18)9-3-4-17(7-9)13(19)10-5-12(15-2)16-6-11(10)14/h5-6,8-9,18H,3-4,7H2,1-2H3,(H,15,16). The Morgan fingerprint density at radius 2 is 2.42 bits per heavy atom. The van der Waals surface area contributed by atoms with Crippen molar-refractivity contribution in [2.24, 2.45) is 5.92 Å². The van der Waals surface area contributed by atoms with Gasteiger partial charge < -0.3 is 15.3 Å². The molecule has 1 aliphatic rings. The third kappa shape index (κ3) is 2.98. The average molecular weight is 284 g/mol. The van der Waals surface area contributed by atoms with Crippen LogP contribution in [0.2, 0.25) is 5.02 Å². The number of carbonyl (C=O) groups excluding carboxylic acids is 1. The highest BCUT2D eigenvalue weighted by atomic mass is 35.5. The lowest BCUT2D eigenvalue weighted by Crippen LogP contribution is -2.30. The van der Waals surface area contributed by atoms with Gasteiger partial charge >= 0.3 is 0 Å². The lowest BCUT2D eigenvalue weighted by molar-refractivity contribution is 0.0762. The molecular weight excluding hydrogens is 266 g/mol. The van der Waals surface area contributed by atoms with E-state index in [0.717, 1.165) is 6.42 Å². The number of pyridine rings is 1. The number of likely N-dealkylation sites (tertiary alicyclic amines) is 1. The van der Waals surface area contributed by atoms with Gasteiger partial charge in [-0.25, -0.2) is 4.98 Å². The second kappa shape index (κ2) is 5.75. The maximum Gasteiger partial charge on any atom is 0.255 e. The van der Waals surface area contributed by atoms with Crippen molar-refractivity contribution in [3.63, 3.8) is 0 Å². The van der Waals surface area contributed by atoms with Crippen LogP contribution in [0.5, 0.6) is 0 Å². The third-order valence-corrected chi connectivity index (χ3v) is 3.84. The number of halogens is 1. The quantitative estimate of drug-likeness (QED) is 0.885. The molecule has 0 bridgehead atoms. The van der Waals surface area contributed by atoms with Gasteiger partial charge in [0.2, 0.25) is 0 Å². The smallest absolute Gasteiger partial charge is 0.255 e. The van der Waals surface area contributed by atoms with Crippen molar-refractivity contribution >= 4 is 23.3 Å². The number of rotatable bonds is 3. The number of aromatic nitrogens is 1. The summed E-state index contributed by atoms with van der Waals surface area (Å²) in [5, 5.41) is 12.8. The van der Waals surface area contributed by atoms with Crippen LogP contribution in [0.15, 0.2) is 12.3 Å². The monoisotopic (exact) mass is 283 g/mol. The molecule has 0 aromatic carbocycles. The molecule has 2 unspecified atom stereocenters. The highest BCUT2D eigenvalue weighted by Gasteiger charge is 2.30. The van der Waals surface area contributed by atoms with Gasteiger partial charge in [-0.05, 0) is 19.4 Å². The fourth-order valence-corrected chi connectivity index (χ4v) is 2.46. The zero-order valence-electron chi connectivity index (χ0n) is 11.1. The molecule has 1 fully saturated rings. The first-order valence-electron chi connectivity index (χ1n) is 6.33. The fourth-order valence-electron chi connectivity index (χ4n) is 2.28. The van der Waals surface area contributed by atoms with Crippen LogP contribution in [0, 0.1) is 5.92 Å². The number of nitrogens with zero attached hydrogens (tertiary/aromatic N) is 2. The highest BCUT2D eigenvalue weighted by Crippen LogP contribution is 2.25. The number of hydrogen-bond acceptors (Lipinski definition) is 4. The molecule has 2 heterocycles. The van der Waals surface area contributed by atoms with E-state index in [1.165, 1.54) is 6.20 Å². The Balaban J connectivity index is 2.16. The Morgan fingerprint density at radius 1 is 1.68 bits per heavy atom. The van der Waals surface area contributed by atoms with Crippen molar-refractivity contribution in [1.82, 2.24) is 9.88 Å². The topological polar surface area (TPSA) is 65.5 Å². The summed E-state index contributed by atoms with van der Waals surface area (Å²) in [5.41, 5.74) is 0.451. The minimum absolute atomic E-state index is 0.105. The molecule has 1 aromatic heterocycles. The molecule has 0 saturated carbocycles. The second-order valence-corrected chi connectivity index (χ2v) is 5.25. The predicted octanol–water partition coefficient (Wildman–Crippen LogP) is 1.62. The minimum Gasteiger partial charge on any atom is -0.393 e. The van der Waals surface area contributed by atoms with Crippen LogP contribution in [0.4, 0.5) is 5.82 Å². The number of nitrogens with one attached hydrogen (secondary N) is 1. The summed E-state index contributed by atoms with van der Waals surface area (Å²) < 4.78 is 0. The maximum absolute atomic E-state index is 12.4. The Kier molecular flexibility index (Phi) is 4.27. The Labute approximate surface area is 117 Å². The minimum atomic E-state index is -0.390.